The number of fused-ring (bicyclic) bond motifs is 1. The van der Waals surface area contributed by atoms with Gasteiger partial charge in [-0.3, -0.25) is 9.59 Å². The maximum absolute atomic E-state index is 12.8. The summed E-state index contributed by atoms with van der Waals surface area (Å²) in [6.45, 7) is 0.989. The van der Waals surface area contributed by atoms with Crippen LogP contribution in [0.1, 0.15) is 12.0 Å². The third-order valence-corrected chi connectivity index (χ3v) is 4.79. The van der Waals surface area contributed by atoms with Crippen LogP contribution in [0.15, 0.2) is 42.5 Å². The number of carbonyl (C=O) groups excluding carboxylic acids is 2. The van der Waals surface area contributed by atoms with E-state index >= 15 is 0 Å². The summed E-state index contributed by atoms with van der Waals surface area (Å²) >= 11 is 0. The quantitative estimate of drug-likeness (QED) is 0.848. The van der Waals surface area contributed by atoms with Gasteiger partial charge in [0.05, 0.1) is 11.5 Å². The molecular weight excluding hydrogens is 389 g/mol. The minimum atomic E-state index is -4.50. The van der Waals surface area contributed by atoms with E-state index in [9.17, 15) is 22.8 Å². The first-order valence-corrected chi connectivity index (χ1v) is 8.99. The molecule has 0 aromatic heterocycles. The molecule has 2 amide bonds. The molecule has 2 heterocycles. The Balaban J connectivity index is 1.46. The van der Waals surface area contributed by atoms with Gasteiger partial charge in [-0.25, -0.2) is 0 Å². The molecule has 29 heavy (non-hydrogen) atoms. The van der Waals surface area contributed by atoms with Crippen LogP contribution in [0, 0.1) is 5.92 Å². The van der Waals surface area contributed by atoms with Crippen molar-refractivity contribution >= 4 is 23.2 Å². The van der Waals surface area contributed by atoms with Crippen molar-refractivity contribution in [2.75, 3.05) is 30.0 Å². The number of carbonyl (C=O) groups is 2. The van der Waals surface area contributed by atoms with Crippen molar-refractivity contribution in [2.24, 2.45) is 5.92 Å². The summed E-state index contributed by atoms with van der Waals surface area (Å²) in [5.74, 6) is -0.308. The highest BCUT2D eigenvalue weighted by atomic mass is 19.4. The number of hydrogen-bond donors (Lipinski definition) is 1. The Hall–Kier alpha value is -3.23. The van der Waals surface area contributed by atoms with Gasteiger partial charge in [-0.2, -0.15) is 13.2 Å². The Morgan fingerprint density at radius 3 is 2.59 bits per heavy atom. The number of nitrogens with zero attached hydrogens (tertiary/aromatic N) is 1. The molecule has 2 aliphatic heterocycles. The Labute approximate surface area is 164 Å². The monoisotopic (exact) mass is 406 g/mol. The first kappa shape index (κ1) is 19.1. The Kier molecular flexibility index (Phi) is 4.81. The van der Waals surface area contributed by atoms with Gasteiger partial charge in [0, 0.05) is 30.4 Å². The number of amides is 2. The molecule has 1 atom stereocenters. The normalized spacial score (nSPS) is 18.7. The van der Waals surface area contributed by atoms with Crippen LogP contribution in [0.2, 0.25) is 0 Å². The van der Waals surface area contributed by atoms with Gasteiger partial charge < -0.3 is 19.7 Å². The summed E-state index contributed by atoms with van der Waals surface area (Å²) in [6, 6.07) is 9.49. The number of rotatable bonds is 3. The molecule has 0 saturated carbocycles. The van der Waals surface area contributed by atoms with E-state index in [1.807, 2.05) is 0 Å². The summed E-state index contributed by atoms with van der Waals surface area (Å²) in [4.78, 5) is 26.4. The number of alkyl halides is 3. The average molecular weight is 406 g/mol. The third-order valence-electron chi connectivity index (χ3n) is 4.79. The van der Waals surface area contributed by atoms with Crippen molar-refractivity contribution in [3.8, 4) is 11.5 Å². The van der Waals surface area contributed by atoms with Gasteiger partial charge in [0.15, 0.2) is 11.5 Å². The molecule has 2 aromatic rings. The summed E-state index contributed by atoms with van der Waals surface area (Å²) in [5.41, 5.74) is -0.237. The molecule has 9 heteroatoms. The fraction of sp³-hybridized carbons (Fsp3) is 0.300. The van der Waals surface area contributed by atoms with E-state index in [1.54, 1.807) is 18.2 Å². The molecule has 0 unspecified atom stereocenters. The molecule has 152 valence electrons. The summed E-state index contributed by atoms with van der Waals surface area (Å²) in [6.07, 6.45) is -4.53. The van der Waals surface area contributed by atoms with Crippen molar-refractivity contribution in [2.45, 2.75) is 12.6 Å². The van der Waals surface area contributed by atoms with E-state index in [1.165, 1.54) is 17.0 Å². The minimum Gasteiger partial charge on any atom is -0.486 e. The number of nitrogens with one attached hydrogen (secondary N) is 1. The predicted octanol–water partition coefficient (Wildman–Crippen LogP) is 3.47. The lowest BCUT2D eigenvalue weighted by Gasteiger charge is -2.22. The Bertz CT molecular complexity index is 961. The SMILES string of the molecule is O=C(Nc1cccc(C(F)(F)F)c1)[C@@H]1CC(=O)N(c2ccc3c(c2)OCCO3)C1. The van der Waals surface area contributed by atoms with Crippen LogP contribution in [-0.4, -0.2) is 31.6 Å². The third kappa shape index (κ3) is 3.98. The van der Waals surface area contributed by atoms with Gasteiger partial charge >= 0.3 is 6.18 Å². The van der Waals surface area contributed by atoms with E-state index in [4.69, 9.17) is 9.47 Å². The summed E-state index contributed by atoms with van der Waals surface area (Å²) in [7, 11) is 0. The van der Waals surface area contributed by atoms with E-state index in [2.05, 4.69) is 5.32 Å². The van der Waals surface area contributed by atoms with Gasteiger partial charge in [0.25, 0.3) is 0 Å². The van der Waals surface area contributed by atoms with Gasteiger partial charge in [0.1, 0.15) is 13.2 Å². The van der Waals surface area contributed by atoms with Gasteiger partial charge in [-0.05, 0) is 30.3 Å². The molecule has 4 rings (SSSR count). The molecule has 0 radical (unpaired) electrons. The van der Waals surface area contributed by atoms with E-state index in [-0.39, 0.29) is 24.6 Å². The second-order valence-corrected chi connectivity index (χ2v) is 6.80. The topological polar surface area (TPSA) is 67.9 Å². The molecule has 1 N–H and O–H groups in total. The largest absolute Gasteiger partial charge is 0.486 e. The Morgan fingerprint density at radius 1 is 1.07 bits per heavy atom. The van der Waals surface area contributed by atoms with Crippen LogP contribution < -0.4 is 19.7 Å². The molecule has 0 aliphatic carbocycles. The van der Waals surface area contributed by atoms with Gasteiger partial charge in [-0.15, -0.1) is 0 Å². The fourth-order valence-corrected chi connectivity index (χ4v) is 3.35. The van der Waals surface area contributed by atoms with Crippen molar-refractivity contribution in [1.82, 2.24) is 0 Å². The summed E-state index contributed by atoms with van der Waals surface area (Å²) in [5, 5.41) is 2.48. The lowest BCUT2D eigenvalue weighted by molar-refractivity contribution is -0.137. The molecule has 6 nitrogen and oxygen atoms in total. The number of anilines is 2. The smallest absolute Gasteiger partial charge is 0.416 e. The molecular formula is C20H17F3N2O4. The first-order valence-electron chi connectivity index (χ1n) is 8.99. The Morgan fingerprint density at radius 2 is 1.83 bits per heavy atom. The molecule has 1 fully saturated rings. The van der Waals surface area contributed by atoms with Crippen LogP contribution in [-0.2, 0) is 15.8 Å². The lowest BCUT2D eigenvalue weighted by Crippen LogP contribution is -2.28. The van der Waals surface area contributed by atoms with Gasteiger partial charge in [0.2, 0.25) is 11.8 Å². The molecule has 2 aliphatic rings. The molecule has 0 bridgehead atoms. The number of ether oxygens (including phenoxy) is 2. The zero-order valence-corrected chi connectivity index (χ0v) is 15.2. The van der Waals surface area contributed by atoms with Crippen molar-refractivity contribution in [3.05, 3.63) is 48.0 Å². The first-order chi connectivity index (χ1) is 13.8. The van der Waals surface area contributed by atoms with Crippen molar-refractivity contribution in [3.63, 3.8) is 0 Å². The minimum absolute atomic E-state index is 0.0285. The second kappa shape index (κ2) is 7.31. The number of halogens is 3. The van der Waals surface area contributed by atoms with Crippen LogP contribution >= 0.6 is 0 Å². The highest BCUT2D eigenvalue weighted by Crippen LogP contribution is 2.36. The van der Waals surface area contributed by atoms with Gasteiger partial charge in [-0.1, -0.05) is 6.07 Å². The average Bonchev–Trinajstić information content (AvgIpc) is 3.09. The molecule has 0 spiro atoms. The van der Waals surface area contributed by atoms with E-state index in [0.717, 1.165) is 12.1 Å². The fourth-order valence-electron chi connectivity index (χ4n) is 3.35. The maximum atomic E-state index is 12.8. The standard InChI is InChI=1S/C20H17F3N2O4/c21-20(22,23)13-2-1-3-14(9-13)24-19(27)12-8-18(26)25(11-12)15-4-5-16-17(10-15)29-7-6-28-16/h1-5,9-10,12H,6-8,11H2,(H,24,27)/t12-/m1/s1. The maximum Gasteiger partial charge on any atom is 0.416 e. The van der Waals surface area contributed by atoms with Crippen molar-refractivity contribution < 1.29 is 32.2 Å². The predicted molar refractivity (Wildman–Crippen MR) is 98.0 cm³/mol. The molecule has 2 aromatic carbocycles. The highest BCUT2D eigenvalue weighted by Gasteiger charge is 2.36. The lowest BCUT2D eigenvalue weighted by atomic mass is 10.1. The zero-order chi connectivity index (χ0) is 20.6. The van der Waals surface area contributed by atoms with Crippen LogP contribution in [0.5, 0.6) is 11.5 Å². The molecule has 1 saturated heterocycles. The number of benzene rings is 2. The second-order valence-electron chi connectivity index (χ2n) is 6.80. The number of hydrogen-bond acceptors (Lipinski definition) is 4. The van der Waals surface area contributed by atoms with Crippen LogP contribution in [0.4, 0.5) is 24.5 Å². The summed E-state index contributed by atoms with van der Waals surface area (Å²) < 4.78 is 49.5. The van der Waals surface area contributed by atoms with Crippen molar-refractivity contribution in [1.29, 1.82) is 0 Å². The van der Waals surface area contributed by atoms with Crippen LogP contribution in [0.3, 0.4) is 0 Å². The van der Waals surface area contributed by atoms with E-state index in [0.29, 0.717) is 30.4 Å². The van der Waals surface area contributed by atoms with Crippen LogP contribution in [0.25, 0.3) is 0 Å². The van der Waals surface area contributed by atoms with E-state index < -0.39 is 23.6 Å². The zero-order valence-electron chi connectivity index (χ0n) is 15.2. The highest BCUT2D eigenvalue weighted by molar-refractivity contribution is 6.03.